The second-order valence-electron chi connectivity index (χ2n) is 11.9. The molecule has 0 saturated heterocycles. The van der Waals surface area contributed by atoms with Crippen molar-refractivity contribution in [2.45, 2.75) is 98.1 Å². The molecule has 2 aromatic carbocycles. The van der Waals surface area contributed by atoms with Crippen LogP contribution in [0.5, 0.6) is 0 Å². The van der Waals surface area contributed by atoms with E-state index in [1.54, 1.807) is 58.9 Å². The number of ether oxygens (including phenoxy) is 2. The van der Waals surface area contributed by atoms with Gasteiger partial charge in [0.25, 0.3) is 0 Å². The second-order valence-corrected chi connectivity index (χ2v) is 11.9. The summed E-state index contributed by atoms with van der Waals surface area (Å²) in [5, 5.41) is 23.4. The van der Waals surface area contributed by atoms with Crippen LogP contribution >= 0.6 is 0 Å². The van der Waals surface area contributed by atoms with E-state index >= 15 is 0 Å². The minimum absolute atomic E-state index is 0.333. The Labute approximate surface area is 247 Å². The molecule has 0 aliphatic rings. The van der Waals surface area contributed by atoms with Crippen molar-refractivity contribution in [3.8, 4) is 0 Å². The molecule has 2 rings (SSSR count). The lowest BCUT2D eigenvalue weighted by atomic mass is 9.89. The Bertz CT molecular complexity index is 1170. The first-order valence-corrected chi connectivity index (χ1v) is 13.3. The number of amides is 2. The maximum atomic E-state index is 12.0. The van der Waals surface area contributed by atoms with Crippen molar-refractivity contribution in [2.75, 3.05) is 0 Å². The molecule has 0 aromatic heterocycles. The van der Waals surface area contributed by atoms with Crippen molar-refractivity contribution in [2.24, 2.45) is 4.99 Å². The molecule has 0 radical (unpaired) electrons. The Morgan fingerprint density at radius 2 is 1.24 bits per heavy atom. The van der Waals surface area contributed by atoms with Crippen molar-refractivity contribution in [3.63, 3.8) is 0 Å². The highest BCUT2D eigenvalue weighted by atomic mass is 16.6. The summed E-state index contributed by atoms with van der Waals surface area (Å²) < 4.78 is 10.2. The Balaban J connectivity index is 0.000000695. The van der Waals surface area contributed by atoms with E-state index < -0.39 is 45.9 Å². The van der Waals surface area contributed by atoms with Gasteiger partial charge in [0, 0.05) is 43.8 Å². The normalized spacial score (nSPS) is 12.2. The number of hydrogen-bond donors (Lipinski definition) is 1. The largest absolute Gasteiger partial charge is 0.444 e. The maximum Gasteiger partial charge on any atom is 0.434 e. The van der Waals surface area contributed by atoms with Crippen LogP contribution in [0.3, 0.4) is 0 Å². The lowest BCUT2D eigenvalue weighted by Crippen LogP contribution is -2.48. The number of rotatable bonds is 6. The van der Waals surface area contributed by atoms with Gasteiger partial charge in [-0.3, -0.25) is 20.2 Å². The first kappa shape index (κ1) is 37.6. The summed E-state index contributed by atoms with van der Waals surface area (Å²) in [6, 6.07) is 17.0. The number of alkyl carbamates (subject to hydrolysis) is 1. The van der Waals surface area contributed by atoms with Gasteiger partial charge in [-0.15, -0.1) is 0 Å². The molecule has 2 aromatic rings. The third kappa shape index (κ3) is 16.7. The molecule has 0 heterocycles. The molecule has 0 saturated carbocycles. The lowest BCUT2D eigenvalue weighted by molar-refractivity contribution is -0.566. The highest BCUT2D eigenvalue weighted by molar-refractivity contribution is 5.88. The predicted molar refractivity (Wildman–Crippen MR) is 162 cm³/mol. The highest BCUT2D eigenvalue weighted by Crippen LogP contribution is 2.28. The number of nitrogens with one attached hydrogen (secondary N) is 1. The van der Waals surface area contributed by atoms with Crippen LogP contribution in [0, 0.1) is 20.2 Å². The van der Waals surface area contributed by atoms with Gasteiger partial charge in [0.2, 0.25) is 11.6 Å². The topological polar surface area (TPSA) is 163 Å². The van der Waals surface area contributed by atoms with E-state index in [2.05, 4.69) is 10.3 Å². The van der Waals surface area contributed by atoms with Crippen LogP contribution in [0.2, 0.25) is 0 Å². The van der Waals surface area contributed by atoms with Gasteiger partial charge in [-0.05, 0) is 52.7 Å². The van der Waals surface area contributed by atoms with Gasteiger partial charge in [-0.1, -0.05) is 60.7 Å². The summed E-state index contributed by atoms with van der Waals surface area (Å²) in [4.78, 5) is 46.9. The monoisotopic (exact) mass is 588 g/mol. The molecular weight excluding hydrogens is 544 g/mol. The third-order valence-corrected chi connectivity index (χ3v) is 4.90. The van der Waals surface area contributed by atoms with Gasteiger partial charge in [0.05, 0.1) is 0 Å². The third-order valence-electron chi connectivity index (χ3n) is 4.90. The highest BCUT2D eigenvalue weighted by Gasteiger charge is 2.43. The molecule has 12 heteroatoms. The van der Waals surface area contributed by atoms with Gasteiger partial charge >= 0.3 is 12.2 Å². The smallest absolute Gasteiger partial charge is 0.434 e. The first-order chi connectivity index (χ1) is 19.2. The molecule has 12 nitrogen and oxygen atoms in total. The summed E-state index contributed by atoms with van der Waals surface area (Å²) in [6.07, 6.45) is 0.256. The zero-order valence-electron chi connectivity index (χ0n) is 26.1. The van der Waals surface area contributed by atoms with Crippen LogP contribution in [0.25, 0.3) is 0 Å². The van der Waals surface area contributed by atoms with E-state index in [1.807, 2.05) is 57.2 Å². The van der Waals surface area contributed by atoms with E-state index in [1.165, 1.54) is 20.1 Å². The average molecular weight is 589 g/mol. The van der Waals surface area contributed by atoms with Crippen molar-refractivity contribution in [1.29, 1.82) is 0 Å². The van der Waals surface area contributed by atoms with Crippen LogP contribution in [0.4, 0.5) is 9.59 Å². The molecule has 1 N–H and O–H groups in total. The lowest BCUT2D eigenvalue weighted by Gasteiger charge is -2.29. The van der Waals surface area contributed by atoms with E-state index in [9.17, 15) is 29.8 Å². The number of benzene rings is 2. The van der Waals surface area contributed by atoms with Gasteiger partial charge in [-0.25, -0.2) is 9.59 Å². The molecule has 0 fully saturated rings. The second kappa shape index (κ2) is 16.8. The molecule has 1 atom stereocenters. The molecule has 1 unspecified atom stereocenters. The fraction of sp³-hybridized carbons (Fsp3) is 0.500. The summed E-state index contributed by atoms with van der Waals surface area (Å²) in [5.74, 6) is 0. The standard InChI is InChI=1S/C15H22N2O4.C12H15NO2.C3H7NO2/c1-14(2,3)21-13(18)16-12(15(4,5)17(19)20)11-9-7-6-8-10-11;1-12(2,3)15-11(14)13-9-10-7-5-4-6-8-10;1-3(2)4(5)6/h6-10,12H,1-5H3,(H,16,18);4-9H,1-3H3;3H,1-2H3. The number of aliphatic imine (C=N–C) groups is 1. The number of carbonyl (C=O) groups excluding carboxylic acids is 2. The summed E-state index contributed by atoms with van der Waals surface area (Å²) >= 11 is 0. The minimum atomic E-state index is -1.36. The molecule has 232 valence electrons. The van der Waals surface area contributed by atoms with E-state index in [0.717, 1.165) is 5.56 Å². The summed E-state index contributed by atoms with van der Waals surface area (Å²) in [6.45, 7) is 16.7. The van der Waals surface area contributed by atoms with Gasteiger partial charge in [0.15, 0.2) is 0 Å². The van der Waals surface area contributed by atoms with Crippen LogP contribution < -0.4 is 5.32 Å². The quantitative estimate of drug-likeness (QED) is 0.214. The molecule has 0 bridgehead atoms. The fourth-order valence-corrected chi connectivity index (χ4v) is 2.80. The Morgan fingerprint density at radius 1 is 0.810 bits per heavy atom. The molecular formula is C30H44N4O8. The van der Waals surface area contributed by atoms with Crippen molar-refractivity contribution in [1.82, 2.24) is 5.32 Å². The van der Waals surface area contributed by atoms with Crippen molar-refractivity contribution < 1.29 is 28.9 Å². The number of carbonyl (C=O) groups is 2. The van der Waals surface area contributed by atoms with Gasteiger partial charge in [0.1, 0.15) is 17.2 Å². The number of nitrogens with zero attached hydrogens (tertiary/aromatic N) is 3. The zero-order valence-corrected chi connectivity index (χ0v) is 26.1. The van der Waals surface area contributed by atoms with Crippen LogP contribution in [0.1, 0.15) is 86.4 Å². The SMILES string of the molecule is CC(C)(C)OC(=O)N=Cc1ccccc1.CC(C)(C)OC(=O)NC(c1ccccc1)C(C)(C)[N+](=O)[O-].CC(C)[N+](=O)[O-]. The Morgan fingerprint density at radius 3 is 1.62 bits per heavy atom. The van der Waals surface area contributed by atoms with E-state index in [0.29, 0.717) is 5.56 Å². The van der Waals surface area contributed by atoms with Crippen LogP contribution in [0.15, 0.2) is 65.7 Å². The predicted octanol–water partition coefficient (Wildman–Crippen LogP) is 7.02. The van der Waals surface area contributed by atoms with Crippen LogP contribution in [-0.2, 0) is 9.47 Å². The maximum absolute atomic E-state index is 12.0. The molecule has 0 spiro atoms. The zero-order chi connectivity index (χ0) is 32.7. The van der Waals surface area contributed by atoms with Gasteiger partial charge < -0.3 is 14.8 Å². The van der Waals surface area contributed by atoms with E-state index in [-0.39, 0.29) is 4.92 Å². The summed E-state index contributed by atoms with van der Waals surface area (Å²) in [7, 11) is 0. The Hall–Kier alpha value is -4.35. The Kier molecular flexibility index (Phi) is 15.1. The van der Waals surface area contributed by atoms with E-state index in [4.69, 9.17) is 9.47 Å². The fourth-order valence-electron chi connectivity index (χ4n) is 2.80. The summed E-state index contributed by atoms with van der Waals surface area (Å²) in [5.41, 5.74) is -0.985. The van der Waals surface area contributed by atoms with Gasteiger partial charge in [-0.2, -0.15) is 4.99 Å². The van der Waals surface area contributed by atoms with Crippen molar-refractivity contribution >= 4 is 18.4 Å². The molecule has 2 amide bonds. The first-order valence-electron chi connectivity index (χ1n) is 13.3. The van der Waals surface area contributed by atoms with Crippen molar-refractivity contribution in [3.05, 3.63) is 92.0 Å². The minimum Gasteiger partial charge on any atom is -0.444 e. The average Bonchev–Trinajstić information content (AvgIpc) is 2.85. The molecule has 0 aliphatic heterocycles. The molecule has 42 heavy (non-hydrogen) atoms. The van der Waals surface area contributed by atoms with Crippen LogP contribution in [-0.4, -0.2) is 51.0 Å². The number of nitro groups is 2. The molecule has 0 aliphatic carbocycles. The number of hydrogen-bond acceptors (Lipinski definition) is 8.